The number of nitrogens with one attached hydrogen (secondary N) is 1. The van der Waals surface area contributed by atoms with Gasteiger partial charge in [0, 0.05) is 57.8 Å². The molecule has 1 unspecified atom stereocenters. The van der Waals surface area contributed by atoms with E-state index in [9.17, 15) is 9.59 Å². The number of ether oxygens (including phenoxy) is 2. The van der Waals surface area contributed by atoms with Gasteiger partial charge >= 0.3 is 0 Å². The molecule has 0 bridgehead atoms. The van der Waals surface area contributed by atoms with Crippen LogP contribution < -0.4 is 5.32 Å². The van der Waals surface area contributed by atoms with Gasteiger partial charge in [0.05, 0.1) is 5.92 Å². The molecule has 1 N–H and O–H groups in total. The van der Waals surface area contributed by atoms with Crippen molar-refractivity contribution >= 4 is 11.8 Å². The van der Waals surface area contributed by atoms with E-state index < -0.39 is 0 Å². The number of likely N-dealkylation sites (tertiary alicyclic amines) is 1. The van der Waals surface area contributed by atoms with E-state index in [1.54, 1.807) is 17.3 Å². The quantitative estimate of drug-likeness (QED) is 0.804. The Hall–Kier alpha value is -1.99. The van der Waals surface area contributed by atoms with Crippen LogP contribution in [0.2, 0.25) is 0 Å². The van der Waals surface area contributed by atoms with Gasteiger partial charge in [-0.2, -0.15) is 0 Å². The summed E-state index contributed by atoms with van der Waals surface area (Å²) in [5, 5.41) is 3.07. The fraction of sp³-hybridized carbons (Fsp3) is 0.632. The second kappa shape index (κ2) is 8.60. The van der Waals surface area contributed by atoms with Crippen LogP contribution in [0.25, 0.3) is 0 Å². The molecule has 2 fully saturated rings. The highest BCUT2D eigenvalue weighted by molar-refractivity contribution is 5.83. The molecule has 1 aromatic rings. The first-order valence-corrected chi connectivity index (χ1v) is 9.16. The zero-order valence-corrected chi connectivity index (χ0v) is 15.3. The minimum Gasteiger partial charge on any atom is -0.381 e. The van der Waals surface area contributed by atoms with Crippen LogP contribution in [-0.2, 0) is 25.5 Å². The average Bonchev–Trinajstić information content (AvgIpc) is 3.02. The molecule has 0 radical (unpaired) electrons. The number of pyridine rings is 1. The minimum absolute atomic E-state index is 0.0358. The molecular formula is C19H27N3O4. The molecule has 26 heavy (non-hydrogen) atoms. The van der Waals surface area contributed by atoms with Crippen molar-refractivity contribution in [1.82, 2.24) is 15.2 Å². The Labute approximate surface area is 154 Å². The van der Waals surface area contributed by atoms with Crippen LogP contribution in [0.5, 0.6) is 0 Å². The number of carbonyl (C=O) groups is 2. The summed E-state index contributed by atoms with van der Waals surface area (Å²) in [6.45, 7) is 3.01. The van der Waals surface area contributed by atoms with E-state index in [1.807, 2.05) is 12.1 Å². The molecule has 2 aliphatic heterocycles. The lowest BCUT2D eigenvalue weighted by Gasteiger charge is -2.37. The molecule has 2 saturated heterocycles. The van der Waals surface area contributed by atoms with Gasteiger partial charge in [0.15, 0.2) is 0 Å². The third-order valence-electron chi connectivity index (χ3n) is 5.54. The van der Waals surface area contributed by atoms with E-state index in [4.69, 9.17) is 9.47 Å². The van der Waals surface area contributed by atoms with E-state index in [0.717, 1.165) is 24.8 Å². The van der Waals surface area contributed by atoms with Crippen LogP contribution in [0, 0.1) is 11.3 Å². The minimum atomic E-state index is -0.190. The van der Waals surface area contributed by atoms with Crippen molar-refractivity contribution < 1.29 is 19.1 Å². The van der Waals surface area contributed by atoms with Crippen molar-refractivity contribution in [3.8, 4) is 0 Å². The molecule has 7 heteroatoms. The standard InChI is InChI=1S/C19H27N3O4/c1-25-13-17(23)22-12-16(19(14-22)5-10-26-11-6-19)18(24)21-9-4-15-2-7-20-8-3-15/h2-3,7-8,16H,4-6,9-14H2,1H3,(H,21,24). The summed E-state index contributed by atoms with van der Waals surface area (Å²) in [6.07, 6.45) is 5.90. The van der Waals surface area contributed by atoms with Crippen molar-refractivity contribution in [3.63, 3.8) is 0 Å². The maximum Gasteiger partial charge on any atom is 0.248 e. The highest BCUT2D eigenvalue weighted by Gasteiger charge is 2.51. The Morgan fingerprint density at radius 1 is 1.35 bits per heavy atom. The largest absolute Gasteiger partial charge is 0.381 e. The number of rotatable bonds is 6. The van der Waals surface area contributed by atoms with Crippen LogP contribution in [0.3, 0.4) is 0 Å². The Morgan fingerprint density at radius 2 is 2.08 bits per heavy atom. The molecule has 3 heterocycles. The number of nitrogens with zero attached hydrogens (tertiary/aromatic N) is 2. The first-order valence-electron chi connectivity index (χ1n) is 9.16. The maximum atomic E-state index is 12.9. The molecule has 0 aromatic carbocycles. The summed E-state index contributed by atoms with van der Waals surface area (Å²) < 4.78 is 10.5. The summed E-state index contributed by atoms with van der Waals surface area (Å²) in [7, 11) is 1.52. The van der Waals surface area contributed by atoms with Gasteiger partial charge in [-0.25, -0.2) is 0 Å². The van der Waals surface area contributed by atoms with E-state index in [-0.39, 0.29) is 29.8 Å². The molecule has 3 rings (SSSR count). The SMILES string of the molecule is COCC(=O)N1CC(C(=O)NCCc2ccncc2)C2(CCOCC2)C1. The molecule has 0 aliphatic carbocycles. The van der Waals surface area contributed by atoms with Crippen molar-refractivity contribution in [3.05, 3.63) is 30.1 Å². The molecule has 1 aromatic heterocycles. The number of carbonyl (C=O) groups excluding carboxylic acids is 2. The summed E-state index contributed by atoms with van der Waals surface area (Å²) in [5.74, 6) is -0.205. The van der Waals surface area contributed by atoms with Gasteiger partial charge in [-0.3, -0.25) is 14.6 Å². The molecule has 2 aliphatic rings. The Kier molecular flexibility index (Phi) is 6.21. The molecule has 142 valence electrons. The summed E-state index contributed by atoms with van der Waals surface area (Å²) in [5.41, 5.74) is 0.965. The molecule has 7 nitrogen and oxygen atoms in total. The van der Waals surface area contributed by atoms with Crippen LogP contribution in [0.4, 0.5) is 0 Å². The Bertz CT molecular complexity index is 616. The first kappa shape index (κ1) is 18.8. The van der Waals surface area contributed by atoms with Gasteiger partial charge in [-0.15, -0.1) is 0 Å². The topological polar surface area (TPSA) is 80.8 Å². The predicted molar refractivity (Wildman–Crippen MR) is 95.4 cm³/mol. The molecular weight excluding hydrogens is 334 g/mol. The number of aromatic nitrogens is 1. The smallest absolute Gasteiger partial charge is 0.248 e. The second-order valence-corrected chi connectivity index (χ2v) is 7.13. The number of amides is 2. The molecule has 1 atom stereocenters. The van der Waals surface area contributed by atoms with Gasteiger partial charge in [-0.05, 0) is 37.0 Å². The van der Waals surface area contributed by atoms with Gasteiger partial charge in [0.2, 0.25) is 11.8 Å². The van der Waals surface area contributed by atoms with Crippen LogP contribution >= 0.6 is 0 Å². The zero-order valence-electron chi connectivity index (χ0n) is 15.3. The van der Waals surface area contributed by atoms with E-state index in [0.29, 0.717) is 32.8 Å². The molecule has 1 spiro atoms. The second-order valence-electron chi connectivity index (χ2n) is 7.13. The van der Waals surface area contributed by atoms with Gasteiger partial charge in [-0.1, -0.05) is 0 Å². The highest BCUT2D eigenvalue weighted by Crippen LogP contribution is 2.44. The van der Waals surface area contributed by atoms with Gasteiger partial charge in [0.25, 0.3) is 0 Å². The van der Waals surface area contributed by atoms with Crippen molar-refractivity contribution in [2.75, 3.05) is 46.6 Å². The normalized spacial score (nSPS) is 21.7. The fourth-order valence-electron chi connectivity index (χ4n) is 4.02. The fourth-order valence-corrected chi connectivity index (χ4v) is 4.02. The molecule has 0 saturated carbocycles. The Balaban J connectivity index is 1.62. The van der Waals surface area contributed by atoms with Gasteiger partial charge < -0.3 is 19.7 Å². The monoisotopic (exact) mass is 361 g/mol. The third-order valence-corrected chi connectivity index (χ3v) is 5.54. The summed E-state index contributed by atoms with van der Waals surface area (Å²) >= 11 is 0. The van der Waals surface area contributed by atoms with Crippen LogP contribution in [-0.4, -0.2) is 68.3 Å². The predicted octanol–water partition coefficient (Wildman–Crippen LogP) is 0.642. The van der Waals surface area contributed by atoms with E-state index in [2.05, 4.69) is 10.3 Å². The van der Waals surface area contributed by atoms with Crippen molar-refractivity contribution in [1.29, 1.82) is 0 Å². The third kappa shape index (κ3) is 4.22. The average molecular weight is 361 g/mol. The lowest BCUT2D eigenvalue weighted by molar-refractivity contribution is -0.134. The summed E-state index contributed by atoms with van der Waals surface area (Å²) in [4.78, 5) is 31.0. The van der Waals surface area contributed by atoms with Crippen molar-refractivity contribution in [2.45, 2.75) is 19.3 Å². The van der Waals surface area contributed by atoms with Gasteiger partial charge in [0.1, 0.15) is 6.61 Å². The van der Waals surface area contributed by atoms with Crippen molar-refractivity contribution in [2.24, 2.45) is 11.3 Å². The molecule has 2 amide bonds. The van der Waals surface area contributed by atoms with Crippen LogP contribution in [0.1, 0.15) is 18.4 Å². The lowest BCUT2D eigenvalue weighted by Crippen LogP contribution is -2.44. The number of hydrogen-bond acceptors (Lipinski definition) is 5. The van der Waals surface area contributed by atoms with E-state index in [1.165, 1.54) is 7.11 Å². The summed E-state index contributed by atoms with van der Waals surface area (Å²) in [6, 6.07) is 3.90. The number of hydrogen-bond donors (Lipinski definition) is 1. The highest BCUT2D eigenvalue weighted by atomic mass is 16.5. The Morgan fingerprint density at radius 3 is 2.77 bits per heavy atom. The van der Waals surface area contributed by atoms with E-state index >= 15 is 0 Å². The maximum absolute atomic E-state index is 12.9. The van der Waals surface area contributed by atoms with Crippen LogP contribution in [0.15, 0.2) is 24.5 Å². The lowest BCUT2D eigenvalue weighted by atomic mass is 9.71. The zero-order chi connectivity index (χ0) is 18.4. The number of methoxy groups -OCH3 is 1. The first-order chi connectivity index (χ1) is 12.6.